The Labute approximate surface area is 130 Å². The Morgan fingerprint density at radius 1 is 1.45 bits per heavy atom. The number of rotatable bonds is 7. The Bertz CT molecular complexity index is 534. The van der Waals surface area contributed by atoms with Crippen LogP contribution in [0.1, 0.15) is 42.6 Å². The molecule has 2 aromatic rings. The van der Waals surface area contributed by atoms with Crippen LogP contribution in [-0.2, 0) is 19.9 Å². The van der Waals surface area contributed by atoms with Crippen LogP contribution in [0.5, 0.6) is 0 Å². The van der Waals surface area contributed by atoms with E-state index < -0.39 is 0 Å². The molecule has 20 heavy (non-hydrogen) atoms. The van der Waals surface area contributed by atoms with Crippen molar-refractivity contribution in [3.63, 3.8) is 0 Å². The van der Waals surface area contributed by atoms with E-state index in [4.69, 9.17) is 11.6 Å². The van der Waals surface area contributed by atoms with Gasteiger partial charge in [-0.05, 0) is 30.8 Å². The fourth-order valence-corrected chi connectivity index (χ4v) is 3.49. The molecular formula is C15H22ClN3S. The minimum absolute atomic E-state index is 0.313. The van der Waals surface area contributed by atoms with Crippen LogP contribution in [0, 0.1) is 0 Å². The molecule has 5 heteroatoms. The minimum atomic E-state index is 0.313. The number of nitrogens with one attached hydrogen (secondary N) is 1. The van der Waals surface area contributed by atoms with Gasteiger partial charge in [0.2, 0.25) is 0 Å². The van der Waals surface area contributed by atoms with Crippen molar-refractivity contribution in [1.82, 2.24) is 15.1 Å². The Morgan fingerprint density at radius 2 is 2.25 bits per heavy atom. The zero-order valence-corrected chi connectivity index (χ0v) is 13.9. The number of aromatic nitrogens is 2. The lowest BCUT2D eigenvalue weighted by Crippen LogP contribution is -2.24. The second-order valence-corrected chi connectivity index (χ2v) is 6.27. The topological polar surface area (TPSA) is 29.9 Å². The van der Waals surface area contributed by atoms with Crippen LogP contribution in [0.2, 0.25) is 5.02 Å². The molecule has 0 fully saturated rings. The van der Waals surface area contributed by atoms with Gasteiger partial charge in [0.05, 0.1) is 16.4 Å². The van der Waals surface area contributed by atoms with E-state index in [0.29, 0.717) is 6.04 Å². The quantitative estimate of drug-likeness (QED) is 0.838. The van der Waals surface area contributed by atoms with E-state index in [1.165, 1.54) is 4.88 Å². The van der Waals surface area contributed by atoms with Gasteiger partial charge in [-0.3, -0.25) is 4.68 Å². The number of halogens is 1. The first-order valence-corrected chi connectivity index (χ1v) is 8.40. The molecule has 0 radical (unpaired) electrons. The normalized spacial score (nSPS) is 12.8. The highest BCUT2D eigenvalue weighted by atomic mass is 35.5. The predicted molar refractivity (Wildman–Crippen MR) is 86.7 cm³/mol. The number of thiophene rings is 1. The van der Waals surface area contributed by atoms with Crippen molar-refractivity contribution < 1.29 is 0 Å². The van der Waals surface area contributed by atoms with E-state index in [1.807, 2.05) is 11.7 Å². The summed E-state index contributed by atoms with van der Waals surface area (Å²) in [6, 6.07) is 4.60. The molecule has 2 aromatic heterocycles. The summed E-state index contributed by atoms with van der Waals surface area (Å²) in [5.41, 5.74) is 2.11. The first kappa shape index (κ1) is 15.5. The fourth-order valence-electron chi connectivity index (χ4n) is 2.32. The van der Waals surface area contributed by atoms with Gasteiger partial charge in [-0.15, -0.1) is 11.3 Å². The smallest absolute Gasteiger partial charge is 0.0850 e. The third kappa shape index (κ3) is 3.43. The van der Waals surface area contributed by atoms with Gasteiger partial charge in [0.15, 0.2) is 0 Å². The summed E-state index contributed by atoms with van der Waals surface area (Å²) < 4.78 is 1.93. The number of nitrogens with zero attached hydrogens (tertiary/aromatic N) is 2. The Balaban J connectivity index is 2.21. The monoisotopic (exact) mass is 311 g/mol. The minimum Gasteiger partial charge on any atom is -0.309 e. The lowest BCUT2D eigenvalue weighted by atomic mass is 10.1. The molecule has 1 unspecified atom stereocenters. The van der Waals surface area contributed by atoms with E-state index in [0.717, 1.165) is 42.2 Å². The highest BCUT2D eigenvalue weighted by Gasteiger charge is 2.19. The van der Waals surface area contributed by atoms with Gasteiger partial charge in [-0.2, -0.15) is 5.10 Å². The molecule has 0 aromatic carbocycles. The van der Waals surface area contributed by atoms with Crippen LogP contribution in [-0.4, -0.2) is 16.3 Å². The molecule has 1 N–H and O–H groups in total. The van der Waals surface area contributed by atoms with Gasteiger partial charge in [0.1, 0.15) is 0 Å². The van der Waals surface area contributed by atoms with Crippen LogP contribution < -0.4 is 5.32 Å². The molecule has 0 aliphatic carbocycles. The molecule has 0 saturated carbocycles. The first-order chi connectivity index (χ1) is 9.67. The summed E-state index contributed by atoms with van der Waals surface area (Å²) in [7, 11) is 1.98. The number of hydrogen-bond donors (Lipinski definition) is 1. The van der Waals surface area contributed by atoms with Gasteiger partial charge in [0.25, 0.3) is 0 Å². The van der Waals surface area contributed by atoms with Crippen molar-refractivity contribution in [3.8, 4) is 0 Å². The van der Waals surface area contributed by atoms with Crippen molar-refractivity contribution in [1.29, 1.82) is 0 Å². The molecule has 0 spiro atoms. The average Bonchev–Trinajstić information content (AvgIpc) is 3.05. The Kier molecular flexibility index (Phi) is 5.64. The highest BCUT2D eigenvalue weighted by molar-refractivity contribution is 7.10. The maximum atomic E-state index is 6.46. The Hall–Kier alpha value is -0.840. The van der Waals surface area contributed by atoms with Gasteiger partial charge in [0, 0.05) is 24.4 Å². The maximum absolute atomic E-state index is 6.46. The number of aryl methyl sites for hydroxylation is 2. The summed E-state index contributed by atoms with van der Waals surface area (Å²) in [6.45, 7) is 5.29. The van der Waals surface area contributed by atoms with E-state index >= 15 is 0 Å². The summed E-state index contributed by atoms with van der Waals surface area (Å²) in [6.07, 6.45) is 2.88. The highest BCUT2D eigenvalue weighted by Crippen LogP contribution is 2.28. The van der Waals surface area contributed by atoms with E-state index in [-0.39, 0.29) is 0 Å². The molecule has 0 aliphatic rings. The molecule has 0 bridgehead atoms. The van der Waals surface area contributed by atoms with Gasteiger partial charge < -0.3 is 5.32 Å². The summed E-state index contributed by atoms with van der Waals surface area (Å²) in [5, 5.41) is 11.1. The van der Waals surface area contributed by atoms with Crippen molar-refractivity contribution in [3.05, 3.63) is 38.8 Å². The maximum Gasteiger partial charge on any atom is 0.0850 e. The molecule has 2 heterocycles. The fraction of sp³-hybridized carbons (Fsp3) is 0.533. The lowest BCUT2D eigenvalue weighted by molar-refractivity contribution is 0.519. The van der Waals surface area contributed by atoms with Gasteiger partial charge in [-0.25, -0.2) is 0 Å². The van der Waals surface area contributed by atoms with Crippen LogP contribution in [0.3, 0.4) is 0 Å². The van der Waals surface area contributed by atoms with Gasteiger partial charge >= 0.3 is 0 Å². The zero-order valence-electron chi connectivity index (χ0n) is 12.3. The van der Waals surface area contributed by atoms with Crippen molar-refractivity contribution in [2.24, 2.45) is 7.05 Å². The average molecular weight is 312 g/mol. The van der Waals surface area contributed by atoms with E-state index in [9.17, 15) is 0 Å². The van der Waals surface area contributed by atoms with Crippen LogP contribution >= 0.6 is 22.9 Å². The molecule has 0 saturated heterocycles. The molecule has 0 aliphatic heterocycles. The summed E-state index contributed by atoms with van der Waals surface area (Å²) in [5.74, 6) is 0. The van der Waals surface area contributed by atoms with Crippen molar-refractivity contribution >= 4 is 22.9 Å². The summed E-state index contributed by atoms with van der Waals surface area (Å²) >= 11 is 8.25. The van der Waals surface area contributed by atoms with E-state index in [2.05, 4.69) is 41.8 Å². The molecular weight excluding hydrogens is 290 g/mol. The van der Waals surface area contributed by atoms with Crippen LogP contribution in [0.25, 0.3) is 0 Å². The largest absolute Gasteiger partial charge is 0.309 e. The molecule has 1 atom stereocenters. The second kappa shape index (κ2) is 7.25. The third-order valence-corrected chi connectivity index (χ3v) is 4.85. The SMILES string of the molecule is CCCNC(Cc1c(Cl)c(CC)nn1C)c1cccs1. The standard InChI is InChI=1S/C15H22ClN3S/c1-4-8-17-12(14-7-6-9-20-14)10-13-15(16)11(5-2)18-19(13)3/h6-7,9,12,17H,4-5,8,10H2,1-3H3. The van der Waals surface area contributed by atoms with Crippen molar-refractivity contribution in [2.75, 3.05) is 6.54 Å². The molecule has 0 amide bonds. The van der Waals surface area contributed by atoms with Crippen molar-refractivity contribution in [2.45, 2.75) is 39.2 Å². The third-order valence-electron chi connectivity index (χ3n) is 3.43. The summed E-state index contributed by atoms with van der Waals surface area (Å²) in [4.78, 5) is 1.36. The van der Waals surface area contributed by atoms with Crippen LogP contribution in [0.4, 0.5) is 0 Å². The predicted octanol–water partition coefficient (Wildman–Crippen LogP) is 3.98. The number of hydrogen-bond acceptors (Lipinski definition) is 3. The van der Waals surface area contributed by atoms with Crippen LogP contribution in [0.15, 0.2) is 17.5 Å². The Morgan fingerprint density at radius 3 is 2.80 bits per heavy atom. The second-order valence-electron chi connectivity index (χ2n) is 4.91. The molecule has 110 valence electrons. The lowest BCUT2D eigenvalue weighted by Gasteiger charge is -2.17. The first-order valence-electron chi connectivity index (χ1n) is 7.14. The molecule has 2 rings (SSSR count). The zero-order chi connectivity index (χ0) is 14.5. The molecule has 3 nitrogen and oxygen atoms in total. The van der Waals surface area contributed by atoms with E-state index in [1.54, 1.807) is 11.3 Å². The van der Waals surface area contributed by atoms with Gasteiger partial charge in [-0.1, -0.05) is 31.5 Å².